The first-order valence-corrected chi connectivity index (χ1v) is 6.27. The van der Waals surface area contributed by atoms with Crippen molar-refractivity contribution >= 4 is 11.5 Å². The van der Waals surface area contributed by atoms with Crippen LogP contribution in [0.1, 0.15) is 19.3 Å². The van der Waals surface area contributed by atoms with Crippen molar-refractivity contribution in [3.8, 4) is 0 Å². The summed E-state index contributed by atoms with van der Waals surface area (Å²) in [6.07, 6.45) is 6.99. The van der Waals surface area contributed by atoms with Crippen molar-refractivity contribution in [3.05, 3.63) is 12.4 Å². The van der Waals surface area contributed by atoms with Gasteiger partial charge in [-0.3, -0.25) is 4.98 Å². The van der Waals surface area contributed by atoms with Gasteiger partial charge < -0.3 is 10.1 Å². The third kappa shape index (κ3) is 2.73. The normalized spacial score (nSPS) is 15.1. The van der Waals surface area contributed by atoms with Gasteiger partial charge in [-0.2, -0.15) is 4.52 Å². The summed E-state index contributed by atoms with van der Waals surface area (Å²) in [5, 5.41) is 14.6. The van der Waals surface area contributed by atoms with Crippen molar-refractivity contribution in [2.75, 3.05) is 25.1 Å². The van der Waals surface area contributed by atoms with Gasteiger partial charge in [0.2, 0.25) is 0 Å². The van der Waals surface area contributed by atoms with E-state index in [4.69, 9.17) is 4.74 Å². The maximum atomic E-state index is 5.57. The van der Waals surface area contributed by atoms with Crippen molar-refractivity contribution in [1.82, 2.24) is 25.0 Å². The summed E-state index contributed by atoms with van der Waals surface area (Å²) in [6, 6.07) is 0. The standard InChI is InChI=1S/C11H16N6O/c1(5-18-8-9-2-3-9)4-13-10-6-12-7-11-14-15-16-17(10)11/h6-7,9,13H,1-5,8H2. The van der Waals surface area contributed by atoms with E-state index >= 15 is 0 Å². The highest BCUT2D eigenvalue weighted by Gasteiger charge is 2.20. The van der Waals surface area contributed by atoms with Gasteiger partial charge in [0, 0.05) is 19.8 Å². The molecule has 0 aromatic carbocycles. The lowest BCUT2D eigenvalue weighted by Crippen LogP contribution is -2.10. The molecule has 1 fully saturated rings. The average Bonchev–Trinajstić information content (AvgIpc) is 3.08. The van der Waals surface area contributed by atoms with E-state index in [-0.39, 0.29) is 0 Å². The quantitative estimate of drug-likeness (QED) is 0.728. The minimum atomic E-state index is 0.644. The Morgan fingerprint density at radius 1 is 1.39 bits per heavy atom. The Morgan fingerprint density at radius 2 is 2.33 bits per heavy atom. The zero-order valence-electron chi connectivity index (χ0n) is 10.1. The molecule has 7 heteroatoms. The zero-order valence-corrected chi connectivity index (χ0v) is 10.1. The molecular weight excluding hydrogens is 232 g/mol. The Bertz CT molecular complexity index is 509. The van der Waals surface area contributed by atoms with Gasteiger partial charge >= 0.3 is 0 Å². The van der Waals surface area contributed by atoms with E-state index in [1.807, 2.05) is 0 Å². The molecule has 2 aromatic heterocycles. The first-order chi connectivity index (χ1) is 8.93. The molecular formula is C11H16N6O. The molecule has 96 valence electrons. The lowest BCUT2D eigenvalue weighted by Gasteiger charge is -2.07. The van der Waals surface area contributed by atoms with Crippen LogP contribution in [0.2, 0.25) is 0 Å². The molecule has 7 nitrogen and oxygen atoms in total. The van der Waals surface area contributed by atoms with Gasteiger partial charge in [-0.1, -0.05) is 0 Å². The maximum Gasteiger partial charge on any atom is 0.199 e. The number of anilines is 1. The highest BCUT2D eigenvalue weighted by atomic mass is 16.5. The van der Waals surface area contributed by atoms with Crippen LogP contribution in [0.25, 0.3) is 5.65 Å². The highest BCUT2D eigenvalue weighted by molar-refractivity contribution is 5.43. The SMILES string of the molecule is c1ncc2nnnn2c1NCCCOCC1CC1. The van der Waals surface area contributed by atoms with E-state index in [2.05, 4.69) is 25.8 Å². The molecule has 0 aliphatic heterocycles. The topological polar surface area (TPSA) is 77.2 Å². The van der Waals surface area contributed by atoms with Gasteiger partial charge in [-0.15, -0.1) is 5.10 Å². The Morgan fingerprint density at radius 3 is 3.22 bits per heavy atom. The van der Waals surface area contributed by atoms with Crippen molar-refractivity contribution < 1.29 is 4.74 Å². The second-order valence-electron chi connectivity index (χ2n) is 4.54. The molecule has 1 aliphatic carbocycles. The molecule has 0 atom stereocenters. The minimum absolute atomic E-state index is 0.644. The van der Waals surface area contributed by atoms with Gasteiger partial charge in [0.25, 0.3) is 0 Å². The van der Waals surface area contributed by atoms with E-state index in [0.717, 1.165) is 37.9 Å². The van der Waals surface area contributed by atoms with Gasteiger partial charge in [0.15, 0.2) is 5.65 Å². The molecule has 1 saturated carbocycles. The Hall–Kier alpha value is -1.76. The molecule has 0 unspecified atom stereocenters. The van der Waals surface area contributed by atoms with E-state index in [0.29, 0.717) is 5.65 Å². The predicted octanol–water partition coefficient (Wildman–Crippen LogP) is 0.748. The second-order valence-corrected chi connectivity index (χ2v) is 4.54. The largest absolute Gasteiger partial charge is 0.381 e. The average molecular weight is 248 g/mol. The Labute approximate surface area is 105 Å². The maximum absolute atomic E-state index is 5.57. The first-order valence-electron chi connectivity index (χ1n) is 6.27. The van der Waals surface area contributed by atoms with E-state index in [9.17, 15) is 0 Å². The summed E-state index contributed by atoms with van der Waals surface area (Å²) in [6.45, 7) is 2.54. The summed E-state index contributed by atoms with van der Waals surface area (Å²) >= 11 is 0. The number of tetrazole rings is 1. The minimum Gasteiger partial charge on any atom is -0.381 e. The summed E-state index contributed by atoms with van der Waals surface area (Å²) in [5.74, 6) is 1.64. The van der Waals surface area contributed by atoms with Crippen molar-refractivity contribution in [1.29, 1.82) is 0 Å². The monoisotopic (exact) mass is 248 g/mol. The molecule has 0 amide bonds. The molecule has 1 aliphatic rings. The van der Waals surface area contributed by atoms with Crippen LogP contribution in [0, 0.1) is 5.92 Å². The molecule has 0 spiro atoms. The van der Waals surface area contributed by atoms with Crippen LogP contribution < -0.4 is 5.32 Å². The highest BCUT2D eigenvalue weighted by Crippen LogP contribution is 2.28. The summed E-state index contributed by atoms with van der Waals surface area (Å²) in [4.78, 5) is 4.07. The van der Waals surface area contributed by atoms with Crippen molar-refractivity contribution in [2.24, 2.45) is 5.92 Å². The number of fused-ring (bicyclic) bond motifs is 1. The van der Waals surface area contributed by atoms with Gasteiger partial charge in [-0.05, 0) is 35.6 Å². The molecule has 2 heterocycles. The van der Waals surface area contributed by atoms with Crippen LogP contribution >= 0.6 is 0 Å². The van der Waals surface area contributed by atoms with Crippen LogP contribution in [-0.4, -0.2) is 44.8 Å². The first kappa shape index (κ1) is 11.3. The molecule has 18 heavy (non-hydrogen) atoms. The Balaban J connectivity index is 1.43. The van der Waals surface area contributed by atoms with E-state index < -0.39 is 0 Å². The third-order valence-electron chi connectivity index (χ3n) is 2.93. The molecule has 0 saturated heterocycles. The van der Waals surface area contributed by atoms with Crippen molar-refractivity contribution in [2.45, 2.75) is 19.3 Å². The smallest absolute Gasteiger partial charge is 0.199 e. The predicted molar refractivity (Wildman–Crippen MR) is 65.2 cm³/mol. The summed E-state index contributed by atoms with van der Waals surface area (Å²) in [5.41, 5.74) is 0.644. The number of hydrogen-bond acceptors (Lipinski definition) is 6. The fraction of sp³-hybridized carbons (Fsp3) is 0.636. The van der Waals surface area contributed by atoms with Gasteiger partial charge in [0.1, 0.15) is 5.82 Å². The number of aromatic nitrogens is 5. The van der Waals surface area contributed by atoms with Crippen molar-refractivity contribution in [3.63, 3.8) is 0 Å². The number of rotatable bonds is 7. The molecule has 0 bridgehead atoms. The second kappa shape index (κ2) is 5.26. The third-order valence-corrected chi connectivity index (χ3v) is 2.93. The number of ether oxygens (including phenoxy) is 1. The Kier molecular flexibility index (Phi) is 3.31. The fourth-order valence-corrected chi connectivity index (χ4v) is 1.72. The molecule has 0 radical (unpaired) electrons. The number of nitrogens with zero attached hydrogens (tertiary/aromatic N) is 5. The molecule has 2 aromatic rings. The van der Waals surface area contributed by atoms with Crippen LogP contribution in [-0.2, 0) is 4.74 Å². The summed E-state index contributed by atoms with van der Waals surface area (Å²) in [7, 11) is 0. The van der Waals surface area contributed by atoms with Crippen LogP contribution in [0.15, 0.2) is 12.4 Å². The summed E-state index contributed by atoms with van der Waals surface area (Å²) < 4.78 is 7.20. The lowest BCUT2D eigenvalue weighted by atomic mass is 10.4. The zero-order chi connectivity index (χ0) is 12.2. The van der Waals surface area contributed by atoms with Gasteiger partial charge in [-0.25, -0.2) is 0 Å². The molecule has 1 N–H and O–H groups in total. The van der Waals surface area contributed by atoms with Gasteiger partial charge in [0.05, 0.1) is 12.4 Å². The number of nitrogens with one attached hydrogen (secondary N) is 1. The number of hydrogen-bond donors (Lipinski definition) is 1. The van der Waals surface area contributed by atoms with Crippen LogP contribution in [0.3, 0.4) is 0 Å². The van der Waals surface area contributed by atoms with E-state index in [1.165, 1.54) is 12.8 Å². The molecule has 3 rings (SSSR count). The van der Waals surface area contributed by atoms with Crippen LogP contribution in [0.4, 0.5) is 5.82 Å². The van der Waals surface area contributed by atoms with E-state index in [1.54, 1.807) is 16.9 Å². The van der Waals surface area contributed by atoms with Crippen LogP contribution in [0.5, 0.6) is 0 Å². The lowest BCUT2D eigenvalue weighted by molar-refractivity contribution is 0.124. The fourth-order valence-electron chi connectivity index (χ4n) is 1.72.